The number of hydrogen-bond donors (Lipinski definition) is 1. The third-order valence-electron chi connectivity index (χ3n) is 4.76. The van der Waals surface area contributed by atoms with E-state index < -0.39 is 5.97 Å². The van der Waals surface area contributed by atoms with Crippen LogP contribution in [0.3, 0.4) is 0 Å². The zero-order valence-electron chi connectivity index (χ0n) is 16.7. The quantitative estimate of drug-likeness (QED) is 0.505. The molecule has 4 rings (SSSR count). The third-order valence-corrected chi connectivity index (χ3v) is 4.76. The van der Waals surface area contributed by atoms with E-state index in [4.69, 9.17) is 5.11 Å². The van der Waals surface area contributed by atoms with E-state index in [0.717, 1.165) is 10.4 Å². The Morgan fingerprint density at radius 2 is 1.63 bits per heavy atom. The van der Waals surface area contributed by atoms with Gasteiger partial charge >= 0.3 is 5.97 Å². The molecule has 0 unspecified atom stereocenters. The minimum atomic E-state index is -1.06. The molecular formula is C19H19N9O2. The van der Waals surface area contributed by atoms with Gasteiger partial charge in [-0.2, -0.15) is 4.80 Å². The predicted molar refractivity (Wildman–Crippen MR) is 105 cm³/mol. The summed E-state index contributed by atoms with van der Waals surface area (Å²) in [6.07, 6.45) is 1.82. The molecule has 30 heavy (non-hydrogen) atoms. The first kappa shape index (κ1) is 19.3. The smallest absolute Gasteiger partial charge is 0.327 e. The number of aromatic nitrogens is 9. The molecule has 11 heteroatoms. The molecule has 0 radical (unpaired) electrons. The van der Waals surface area contributed by atoms with Crippen molar-refractivity contribution >= 4 is 5.97 Å². The van der Waals surface area contributed by atoms with Gasteiger partial charge in [-0.05, 0) is 60.4 Å². The highest BCUT2D eigenvalue weighted by Crippen LogP contribution is 2.18. The van der Waals surface area contributed by atoms with Gasteiger partial charge in [-0.25, -0.2) is 4.68 Å². The number of carbonyl (C=O) groups is 1. The molecule has 0 atom stereocenters. The van der Waals surface area contributed by atoms with E-state index in [1.54, 1.807) is 16.8 Å². The summed E-state index contributed by atoms with van der Waals surface area (Å²) < 4.78 is 1.76. The average molecular weight is 405 g/mol. The highest BCUT2D eigenvalue weighted by Gasteiger charge is 2.12. The fraction of sp³-hybridized carbons (Fsp3) is 0.263. The monoisotopic (exact) mass is 405 g/mol. The second-order valence-corrected chi connectivity index (χ2v) is 7.00. The maximum absolute atomic E-state index is 10.7. The highest BCUT2D eigenvalue weighted by atomic mass is 16.4. The van der Waals surface area contributed by atoms with Crippen molar-refractivity contribution in [3.05, 3.63) is 52.7 Å². The molecule has 0 aliphatic rings. The van der Waals surface area contributed by atoms with E-state index in [2.05, 4.69) is 68.8 Å². The molecule has 0 saturated heterocycles. The first-order chi connectivity index (χ1) is 14.4. The largest absolute Gasteiger partial charge is 0.480 e. The first-order valence-corrected chi connectivity index (χ1v) is 9.20. The lowest BCUT2D eigenvalue weighted by atomic mass is 10.0. The van der Waals surface area contributed by atoms with Crippen LogP contribution >= 0.6 is 0 Å². The molecule has 1 aromatic carbocycles. The van der Waals surface area contributed by atoms with Gasteiger partial charge in [0.1, 0.15) is 17.1 Å². The summed E-state index contributed by atoms with van der Waals surface area (Å²) >= 11 is 0. The second kappa shape index (κ2) is 7.78. The zero-order valence-corrected chi connectivity index (χ0v) is 16.7. The van der Waals surface area contributed by atoms with Crippen molar-refractivity contribution in [2.45, 2.75) is 33.9 Å². The molecule has 0 bridgehead atoms. The second-order valence-electron chi connectivity index (χ2n) is 7.00. The molecular weight excluding hydrogens is 386 g/mol. The Hall–Kier alpha value is -4.02. The summed E-state index contributed by atoms with van der Waals surface area (Å²) in [5, 5.41) is 36.8. The van der Waals surface area contributed by atoms with Gasteiger partial charge in [0.25, 0.3) is 0 Å². The Kier molecular flexibility index (Phi) is 5.00. The van der Waals surface area contributed by atoms with Crippen LogP contribution in [0.2, 0.25) is 0 Å². The number of benzene rings is 1. The van der Waals surface area contributed by atoms with Crippen LogP contribution in [0.1, 0.15) is 22.3 Å². The van der Waals surface area contributed by atoms with E-state index >= 15 is 0 Å². The summed E-state index contributed by atoms with van der Waals surface area (Å²) in [4.78, 5) is 11.7. The molecule has 0 saturated carbocycles. The van der Waals surface area contributed by atoms with Gasteiger partial charge in [-0.3, -0.25) is 4.79 Å². The number of rotatable bonds is 6. The summed E-state index contributed by atoms with van der Waals surface area (Å²) in [6.45, 7) is 6.56. The zero-order chi connectivity index (χ0) is 21.3. The normalized spacial score (nSPS) is 11.0. The van der Waals surface area contributed by atoms with E-state index in [1.165, 1.54) is 16.7 Å². The predicted octanol–water partition coefficient (Wildman–Crippen LogP) is 1.45. The van der Waals surface area contributed by atoms with Crippen LogP contribution in [-0.2, 0) is 17.9 Å². The Morgan fingerprint density at radius 3 is 2.30 bits per heavy atom. The number of hydrogen-bond acceptors (Lipinski definition) is 8. The molecule has 0 spiro atoms. The molecule has 3 heterocycles. The lowest BCUT2D eigenvalue weighted by Crippen LogP contribution is -2.11. The topological polar surface area (TPSA) is 137 Å². The molecule has 3 aromatic heterocycles. The Labute approximate surface area is 171 Å². The maximum Gasteiger partial charge on any atom is 0.327 e. The van der Waals surface area contributed by atoms with Crippen molar-refractivity contribution in [1.82, 2.24) is 45.4 Å². The van der Waals surface area contributed by atoms with Crippen LogP contribution < -0.4 is 0 Å². The summed E-state index contributed by atoms with van der Waals surface area (Å²) in [7, 11) is 0. The number of carboxylic acids is 1. The number of aliphatic carboxylic acids is 1. The van der Waals surface area contributed by atoms with Gasteiger partial charge in [0.2, 0.25) is 5.82 Å². The molecule has 0 fully saturated rings. The number of tetrazole rings is 1. The van der Waals surface area contributed by atoms with Crippen molar-refractivity contribution < 1.29 is 9.90 Å². The van der Waals surface area contributed by atoms with Crippen molar-refractivity contribution in [2.24, 2.45) is 0 Å². The fourth-order valence-corrected chi connectivity index (χ4v) is 3.02. The van der Waals surface area contributed by atoms with Crippen LogP contribution in [0.5, 0.6) is 0 Å². The fourth-order valence-electron chi connectivity index (χ4n) is 3.02. The summed E-state index contributed by atoms with van der Waals surface area (Å²) in [5.41, 5.74) is 6.49. The minimum Gasteiger partial charge on any atom is -0.480 e. The van der Waals surface area contributed by atoms with E-state index in [0.29, 0.717) is 23.6 Å². The van der Waals surface area contributed by atoms with Gasteiger partial charge in [-0.1, -0.05) is 17.3 Å². The van der Waals surface area contributed by atoms with Gasteiger partial charge in [0, 0.05) is 0 Å². The maximum atomic E-state index is 10.7. The third kappa shape index (κ3) is 4.04. The first-order valence-electron chi connectivity index (χ1n) is 9.20. The lowest BCUT2D eigenvalue weighted by molar-refractivity contribution is -0.138. The molecule has 1 N–H and O–H groups in total. The molecule has 0 amide bonds. The lowest BCUT2D eigenvalue weighted by Gasteiger charge is -2.08. The number of aryl methyl sites for hydroxylation is 2. The van der Waals surface area contributed by atoms with Crippen molar-refractivity contribution in [3.63, 3.8) is 0 Å². The van der Waals surface area contributed by atoms with Gasteiger partial charge in [0.05, 0.1) is 12.7 Å². The Morgan fingerprint density at radius 1 is 0.933 bits per heavy atom. The van der Waals surface area contributed by atoms with Crippen LogP contribution in [0, 0.1) is 20.8 Å². The molecule has 152 valence electrons. The van der Waals surface area contributed by atoms with Crippen molar-refractivity contribution in [2.75, 3.05) is 0 Å². The van der Waals surface area contributed by atoms with E-state index in [9.17, 15) is 4.79 Å². The molecule has 11 nitrogen and oxygen atoms in total. The van der Waals surface area contributed by atoms with Crippen molar-refractivity contribution in [1.29, 1.82) is 0 Å². The van der Waals surface area contributed by atoms with Gasteiger partial charge < -0.3 is 5.11 Å². The Bertz CT molecular complexity index is 1190. The average Bonchev–Trinajstić information content (AvgIpc) is 3.35. The summed E-state index contributed by atoms with van der Waals surface area (Å²) in [5.74, 6) is -0.858. The van der Waals surface area contributed by atoms with Crippen LogP contribution in [-0.4, -0.2) is 56.5 Å². The molecule has 4 aromatic rings. The van der Waals surface area contributed by atoms with E-state index in [1.807, 2.05) is 6.20 Å². The minimum absolute atomic E-state index is 0.198. The van der Waals surface area contributed by atoms with Crippen LogP contribution in [0.15, 0.2) is 30.5 Å². The SMILES string of the molecule is Cc1cc(Cn2cc(-c3ccc(-c4nnn(CC(=O)O)n4)nn3)nn2)cc(C)c1C. The van der Waals surface area contributed by atoms with Gasteiger partial charge in [-0.15, -0.1) is 25.5 Å². The highest BCUT2D eigenvalue weighted by molar-refractivity contribution is 5.66. The molecule has 0 aliphatic heterocycles. The number of nitrogens with zero attached hydrogens (tertiary/aromatic N) is 9. The van der Waals surface area contributed by atoms with Crippen LogP contribution in [0.25, 0.3) is 22.9 Å². The Balaban J connectivity index is 1.50. The molecule has 0 aliphatic carbocycles. The summed E-state index contributed by atoms with van der Waals surface area (Å²) in [6, 6.07) is 7.72. The van der Waals surface area contributed by atoms with E-state index in [-0.39, 0.29) is 12.4 Å². The van der Waals surface area contributed by atoms with Crippen LogP contribution in [0.4, 0.5) is 0 Å². The van der Waals surface area contributed by atoms with Crippen molar-refractivity contribution in [3.8, 4) is 22.9 Å². The number of carboxylic acid groups (broad SMARTS) is 1. The standard InChI is InChI=1S/C19H19N9O2/c1-11-6-14(7-12(2)13(11)3)8-27-9-17(22-25-27)15-4-5-16(21-20-15)19-23-26-28(24-19)10-18(29)30/h4-7,9H,8,10H2,1-3H3,(H,29,30). The van der Waals surface area contributed by atoms with Gasteiger partial charge in [0.15, 0.2) is 6.54 Å².